The lowest BCUT2D eigenvalue weighted by molar-refractivity contribution is 0.0724. The maximum atomic E-state index is 12.6. The smallest absolute Gasteiger partial charge is 0.255 e. The van der Waals surface area contributed by atoms with Crippen molar-refractivity contribution in [3.63, 3.8) is 0 Å². The molecule has 136 valence electrons. The van der Waals surface area contributed by atoms with Crippen LogP contribution in [-0.4, -0.2) is 29.8 Å². The Hall–Kier alpha value is -2.62. The number of piperidine rings is 1. The van der Waals surface area contributed by atoms with Crippen LogP contribution in [0, 0.1) is 0 Å². The molecule has 1 fully saturated rings. The van der Waals surface area contributed by atoms with Gasteiger partial charge in [-0.1, -0.05) is 32.0 Å². The average Bonchev–Trinajstić information content (AvgIpc) is 2.68. The first-order valence-corrected chi connectivity index (χ1v) is 9.36. The maximum absolute atomic E-state index is 12.6. The van der Waals surface area contributed by atoms with E-state index in [0.29, 0.717) is 17.0 Å². The van der Waals surface area contributed by atoms with E-state index in [4.69, 9.17) is 0 Å². The van der Waals surface area contributed by atoms with Gasteiger partial charge in [0.15, 0.2) is 0 Å². The molecule has 0 radical (unpaired) electrons. The van der Waals surface area contributed by atoms with Crippen LogP contribution in [0.2, 0.25) is 0 Å². The number of rotatable bonds is 4. The summed E-state index contributed by atoms with van der Waals surface area (Å²) in [6.07, 6.45) is 3.34. The Kier molecular flexibility index (Phi) is 5.71. The number of likely N-dealkylation sites (tertiary alicyclic amines) is 1. The van der Waals surface area contributed by atoms with Crippen molar-refractivity contribution in [2.75, 3.05) is 18.4 Å². The summed E-state index contributed by atoms with van der Waals surface area (Å²) in [7, 11) is 0. The highest BCUT2D eigenvalue weighted by atomic mass is 16.2. The largest absolute Gasteiger partial charge is 0.339 e. The number of carbonyl (C=O) groups is 2. The Morgan fingerprint density at radius 2 is 1.50 bits per heavy atom. The first kappa shape index (κ1) is 18.2. The molecule has 0 saturated carbocycles. The summed E-state index contributed by atoms with van der Waals surface area (Å²) in [5.41, 5.74) is 3.14. The van der Waals surface area contributed by atoms with E-state index in [1.807, 2.05) is 29.2 Å². The molecule has 1 aliphatic heterocycles. The molecule has 2 aromatic rings. The Balaban J connectivity index is 1.70. The molecule has 0 aromatic heterocycles. The van der Waals surface area contributed by atoms with Gasteiger partial charge in [-0.05, 0) is 61.1 Å². The van der Waals surface area contributed by atoms with Crippen LogP contribution in [0.3, 0.4) is 0 Å². The van der Waals surface area contributed by atoms with Gasteiger partial charge in [0.2, 0.25) is 0 Å². The van der Waals surface area contributed by atoms with Crippen molar-refractivity contribution >= 4 is 17.5 Å². The van der Waals surface area contributed by atoms with Crippen LogP contribution in [0.1, 0.15) is 65.3 Å². The van der Waals surface area contributed by atoms with Crippen LogP contribution in [0.4, 0.5) is 5.69 Å². The molecule has 0 aliphatic carbocycles. The van der Waals surface area contributed by atoms with Crippen molar-refractivity contribution in [3.05, 3.63) is 65.2 Å². The fourth-order valence-corrected chi connectivity index (χ4v) is 3.35. The third-order valence-corrected chi connectivity index (χ3v) is 4.87. The van der Waals surface area contributed by atoms with Crippen LogP contribution in [0.15, 0.2) is 48.5 Å². The third kappa shape index (κ3) is 4.13. The van der Waals surface area contributed by atoms with Crippen molar-refractivity contribution in [1.29, 1.82) is 0 Å². The Bertz CT molecular complexity index is 775. The molecule has 2 aromatic carbocycles. The molecule has 4 nitrogen and oxygen atoms in total. The van der Waals surface area contributed by atoms with E-state index in [-0.39, 0.29) is 11.8 Å². The van der Waals surface area contributed by atoms with Gasteiger partial charge in [-0.15, -0.1) is 0 Å². The topological polar surface area (TPSA) is 49.4 Å². The summed E-state index contributed by atoms with van der Waals surface area (Å²) in [6.45, 7) is 5.86. The lowest BCUT2D eigenvalue weighted by Crippen LogP contribution is -2.35. The molecular formula is C22H26N2O2. The molecule has 1 aliphatic rings. The van der Waals surface area contributed by atoms with Crippen molar-refractivity contribution < 1.29 is 9.59 Å². The Labute approximate surface area is 155 Å². The Morgan fingerprint density at radius 3 is 2.15 bits per heavy atom. The summed E-state index contributed by atoms with van der Waals surface area (Å²) in [4.78, 5) is 27.0. The number of benzene rings is 2. The summed E-state index contributed by atoms with van der Waals surface area (Å²) < 4.78 is 0. The SMILES string of the molecule is CC(C)c1ccccc1NC(=O)c1ccc(C(=O)N2CCCCC2)cc1. The number of hydrogen-bond acceptors (Lipinski definition) is 2. The van der Waals surface area contributed by atoms with Gasteiger partial charge in [0.05, 0.1) is 0 Å². The van der Waals surface area contributed by atoms with E-state index in [2.05, 4.69) is 19.2 Å². The second kappa shape index (κ2) is 8.17. The number of para-hydroxylation sites is 1. The predicted molar refractivity (Wildman–Crippen MR) is 105 cm³/mol. The summed E-state index contributed by atoms with van der Waals surface area (Å²) in [5, 5.41) is 2.99. The van der Waals surface area contributed by atoms with Gasteiger partial charge in [0.25, 0.3) is 11.8 Å². The minimum atomic E-state index is -0.157. The normalized spacial score (nSPS) is 14.3. The molecule has 26 heavy (non-hydrogen) atoms. The lowest BCUT2D eigenvalue weighted by atomic mass is 10.0. The summed E-state index contributed by atoms with van der Waals surface area (Å²) >= 11 is 0. The van der Waals surface area contributed by atoms with E-state index in [1.165, 1.54) is 6.42 Å². The van der Waals surface area contributed by atoms with Crippen LogP contribution in [0.5, 0.6) is 0 Å². The van der Waals surface area contributed by atoms with E-state index in [1.54, 1.807) is 24.3 Å². The fraction of sp³-hybridized carbons (Fsp3) is 0.364. The molecule has 1 heterocycles. The van der Waals surface area contributed by atoms with E-state index in [0.717, 1.165) is 37.2 Å². The Morgan fingerprint density at radius 1 is 0.885 bits per heavy atom. The number of anilines is 1. The number of nitrogens with one attached hydrogen (secondary N) is 1. The molecule has 0 bridgehead atoms. The zero-order valence-electron chi connectivity index (χ0n) is 15.5. The predicted octanol–water partition coefficient (Wildman–Crippen LogP) is 4.69. The first-order valence-electron chi connectivity index (χ1n) is 9.36. The second-order valence-electron chi connectivity index (χ2n) is 7.13. The zero-order chi connectivity index (χ0) is 18.5. The van der Waals surface area contributed by atoms with Gasteiger partial charge in [0.1, 0.15) is 0 Å². The average molecular weight is 350 g/mol. The highest BCUT2D eigenvalue weighted by Gasteiger charge is 2.18. The van der Waals surface area contributed by atoms with Crippen LogP contribution in [0.25, 0.3) is 0 Å². The highest BCUT2D eigenvalue weighted by molar-refractivity contribution is 6.05. The van der Waals surface area contributed by atoms with Gasteiger partial charge in [-0.25, -0.2) is 0 Å². The van der Waals surface area contributed by atoms with Gasteiger partial charge in [-0.2, -0.15) is 0 Å². The van der Waals surface area contributed by atoms with E-state index >= 15 is 0 Å². The molecule has 1 saturated heterocycles. The minimum Gasteiger partial charge on any atom is -0.339 e. The van der Waals surface area contributed by atoms with Gasteiger partial charge in [-0.3, -0.25) is 9.59 Å². The minimum absolute atomic E-state index is 0.0572. The van der Waals surface area contributed by atoms with E-state index in [9.17, 15) is 9.59 Å². The van der Waals surface area contributed by atoms with Crippen molar-refractivity contribution in [2.24, 2.45) is 0 Å². The molecule has 0 spiro atoms. The second-order valence-corrected chi connectivity index (χ2v) is 7.13. The molecule has 0 atom stereocenters. The van der Waals surface area contributed by atoms with Gasteiger partial charge < -0.3 is 10.2 Å². The fourth-order valence-electron chi connectivity index (χ4n) is 3.35. The molecule has 0 unspecified atom stereocenters. The van der Waals surface area contributed by atoms with Gasteiger partial charge in [0, 0.05) is 29.9 Å². The van der Waals surface area contributed by atoms with Crippen LogP contribution in [-0.2, 0) is 0 Å². The molecule has 3 rings (SSSR count). The number of carbonyl (C=O) groups excluding carboxylic acids is 2. The quantitative estimate of drug-likeness (QED) is 0.870. The van der Waals surface area contributed by atoms with Gasteiger partial charge >= 0.3 is 0 Å². The monoisotopic (exact) mass is 350 g/mol. The number of hydrogen-bond donors (Lipinski definition) is 1. The lowest BCUT2D eigenvalue weighted by Gasteiger charge is -2.26. The highest BCUT2D eigenvalue weighted by Crippen LogP contribution is 2.24. The van der Waals surface area contributed by atoms with Crippen molar-refractivity contribution in [1.82, 2.24) is 4.90 Å². The van der Waals surface area contributed by atoms with Crippen LogP contribution >= 0.6 is 0 Å². The molecule has 1 N–H and O–H groups in total. The summed E-state index contributed by atoms with van der Waals surface area (Å²) in [6, 6.07) is 14.8. The zero-order valence-corrected chi connectivity index (χ0v) is 15.5. The molecule has 4 heteroatoms. The van der Waals surface area contributed by atoms with E-state index < -0.39 is 0 Å². The summed E-state index contributed by atoms with van der Waals surface area (Å²) in [5.74, 6) is 0.230. The maximum Gasteiger partial charge on any atom is 0.255 e. The van der Waals surface area contributed by atoms with Crippen LogP contribution < -0.4 is 5.32 Å². The standard InChI is InChI=1S/C22H26N2O2/c1-16(2)19-8-4-5-9-20(19)23-21(25)17-10-12-18(13-11-17)22(26)24-14-6-3-7-15-24/h4-5,8-13,16H,3,6-7,14-15H2,1-2H3,(H,23,25). The third-order valence-electron chi connectivity index (χ3n) is 4.87. The molecule has 2 amide bonds. The van der Waals surface area contributed by atoms with Crippen molar-refractivity contribution in [3.8, 4) is 0 Å². The number of nitrogens with zero attached hydrogens (tertiary/aromatic N) is 1. The first-order chi connectivity index (χ1) is 12.6. The molecular weight excluding hydrogens is 324 g/mol. The van der Waals surface area contributed by atoms with Crippen molar-refractivity contribution in [2.45, 2.75) is 39.0 Å². The number of amides is 2.